The summed E-state index contributed by atoms with van der Waals surface area (Å²) in [4.78, 5) is 14.3. The van der Waals surface area contributed by atoms with E-state index in [0.717, 1.165) is 25.1 Å². The number of hydrogen-bond donors (Lipinski definition) is 1. The molecule has 2 N–H and O–H groups in total. The molecule has 0 bridgehead atoms. The zero-order chi connectivity index (χ0) is 15.1. The van der Waals surface area contributed by atoms with Crippen molar-refractivity contribution in [1.82, 2.24) is 4.90 Å². The minimum absolute atomic E-state index is 0.131. The van der Waals surface area contributed by atoms with Gasteiger partial charge in [0.15, 0.2) is 0 Å². The van der Waals surface area contributed by atoms with Crippen molar-refractivity contribution in [3.63, 3.8) is 0 Å². The van der Waals surface area contributed by atoms with Gasteiger partial charge in [0.25, 0.3) is 0 Å². The van der Waals surface area contributed by atoms with Crippen molar-refractivity contribution < 1.29 is 4.79 Å². The summed E-state index contributed by atoms with van der Waals surface area (Å²) in [5, 5.41) is 0. The van der Waals surface area contributed by atoms with Crippen molar-refractivity contribution >= 4 is 11.6 Å². The molecule has 0 aliphatic carbocycles. The Kier molecular flexibility index (Phi) is 5.38. The monoisotopic (exact) mass is 282 g/mol. The van der Waals surface area contributed by atoms with Gasteiger partial charge in [0.05, 0.1) is 6.42 Å². The lowest BCUT2D eigenvalue weighted by Gasteiger charge is -2.21. The molecule has 0 aromatic heterocycles. The van der Waals surface area contributed by atoms with Crippen molar-refractivity contribution in [2.45, 2.75) is 19.8 Å². The molecule has 0 atom stereocenters. The number of amides is 1. The Morgan fingerprint density at radius 2 is 1.71 bits per heavy atom. The Morgan fingerprint density at radius 3 is 2.38 bits per heavy atom. The zero-order valence-electron chi connectivity index (χ0n) is 12.5. The minimum atomic E-state index is 0.131. The van der Waals surface area contributed by atoms with Crippen LogP contribution in [0.2, 0.25) is 0 Å². The van der Waals surface area contributed by atoms with E-state index in [-0.39, 0.29) is 5.91 Å². The molecule has 110 valence electrons. The molecule has 3 heteroatoms. The van der Waals surface area contributed by atoms with Crippen LogP contribution in [0.5, 0.6) is 0 Å². The molecule has 0 saturated heterocycles. The van der Waals surface area contributed by atoms with E-state index in [4.69, 9.17) is 5.73 Å². The van der Waals surface area contributed by atoms with Crippen LogP contribution in [0.15, 0.2) is 54.6 Å². The van der Waals surface area contributed by atoms with Gasteiger partial charge in [-0.3, -0.25) is 4.79 Å². The summed E-state index contributed by atoms with van der Waals surface area (Å²) in [5.41, 5.74) is 8.75. The Labute approximate surface area is 126 Å². The van der Waals surface area contributed by atoms with Gasteiger partial charge in [-0.2, -0.15) is 0 Å². The van der Waals surface area contributed by atoms with Gasteiger partial charge in [0.2, 0.25) is 5.91 Å². The maximum Gasteiger partial charge on any atom is 0.227 e. The van der Waals surface area contributed by atoms with Crippen molar-refractivity contribution in [3.05, 3.63) is 65.7 Å². The van der Waals surface area contributed by atoms with Crippen LogP contribution in [0.3, 0.4) is 0 Å². The van der Waals surface area contributed by atoms with Crippen molar-refractivity contribution in [2.75, 3.05) is 18.8 Å². The van der Waals surface area contributed by atoms with Crippen LogP contribution in [0.4, 0.5) is 5.69 Å². The number of nitrogens with zero attached hydrogens (tertiary/aromatic N) is 1. The zero-order valence-corrected chi connectivity index (χ0v) is 12.5. The summed E-state index contributed by atoms with van der Waals surface area (Å²) in [6.45, 7) is 3.47. The van der Waals surface area contributed by atoms with Gasteiger partial charge in [-0.05, 0) is 30.5 Å². The highest BCUT2D eigenvalue weighted by Crippen LogP contribution is 2.12. The van der Waals surface area contributed by atoms with E-state index in [1.807, 2.05) is 54.3 Å². The number of hydrogen-bond acceptors (Lipinski definition) is 2. The fourth-order valence-electron chi connectivity index (χ4n) is 2.34. The van der Waals surface area contributed by atoms with Crippen molar-refractivity contribution in [2.24, 2.45) is 0 Å². The number of likely N-dealkylation sites (N-methyl/N-ethyl adjacent to an activating group) is 1. The molecule has 0 heterocycles. The first-order valence-corrected chi connectivity index (χ1v) is 7.35. The van der Waals surface area contributed by atoms with Crippen molar-refractivity contribution in [1.29, 1.82) is 0 Å². The number of carbonyl (C=O) groups is 1. The van der Waals surface area contributed by atoms with Gasteiger partial charge in [-0.1, -0.05) is 48.5 Å². The smallest absolute Gasteiger partial charge is 0.227 e. The molecule has 0 radical (unpaired) electrons. The Balaban J connectivity index is 1.94. The van der Waals surface area contributed by atoms with E-state index in [1.54, 1.807) is 0 Å². The third kappa shape index (κ3) is 4.35. The number of para-hydroxylation sites is 1. The van der Waals surface area contributed by atoms with Gasteiger partial charge in [-0.15, -0.1) is 0 Å². The topological polar surface area (TPSA) is 46.3 Å². The highest BCUT2D eigenvalue weighted by atomic mass is 16.2. The lowest BCUT2D eigenvalue weighted by molar-refractivity contribution is -0.130. The Morgan fingerprint density at radius 1 is 1.05 bits per heavy atom. The van der Waals surface area contributed by atoms with Crippen LogP contribution >= 0.6 is 0 Å². The Hall–Kier alpha value is -2.29. The molecule has 3 nitrogen and oxygen atoms in total. The van der Waals surface area contributed by atoms with E-state index >= 15 is 0 Å². The van der Waals surface area contributed by atoms with Crippen molar-refractivity contribution in [3.8, 4) is 0 Å². The molecular weight excluding hydrogens is 260 g/mol. The molecule has 2 rings (SSSR count). The molecule has 2 aromatic carbocycles. The largest absolute Gasteiger partial charge is 0.398 e. The molecule has 0 spiro atoms. The predicted molar refractivity (Wildman–Crippen MR) is 87.0 cm³/mol. The first-order valence-electron chi connectivity index (χ1n) is 7.35. The van der Waals surface area contributed by atoms with Crippen LogP contribution in [0, 0.1) is 0 Å². The molecule has 0 unspecified atom stereocenters. The van der Waals surface area contributed by atoms with Gasteiger partial charge in [0, 0.05) is 18.8 Å². The standard InChI is InChI=1S/C18H22N2O/c1-2-20(13-12-15-8-4-3-5-9-15)18(21)14-16-10-6-7-11-17(16)19/h3-11H,2,12-14,19H2,1H3. The second-order valence-electron chi connectivity index (χ2n) is 5.08. The molecule has 0 aliphatic rings. The minimum Gasteiger partial charge on any atom is -0.398 e. The number of nitrogens with two attached hydrogens (primary N) is 1. The fraction of sp³-hybridized carbons (Fsp3) is 0.278. The molecular formula is C18H22N2O. The lowest BCUT2D eigenvalue weighted by atomic mass is 10.1. The molecule has 0 fully saturated rings. The predicted octanol–water partition coefficient (Wildman–Crippen LogP) is 2.90. The van der Waals surface area contributed by atoms with E-state index < -0.39 is 0 Å². The van der Waals surface area contributed by atoms with Gasteiger partial charge in [-0.25, -0.2) is 0 Å². The quantitative estimate of drug-likeness (QED) is 0.828. The second-order valence-corrected chi connectivity index (χ2v) is 5.08. The summed E-state index contributed by atoms with van der Waals surface area (Å²) >= 11 is 0. The second kappa shape index (κ2) is 7.48. The maximum absolute atomic E-state index is 12.4. The number of benzene rings is 2. The van der Waals surface area contributed by atoms with Gasteiger partial charge in [0.1, 0.15) is 0 Å². The maximum atomic E-state index is 12.4. The summed E-state index contributed by atoms with van der Waals surface area (Å²) in [5.74, 6) is 0.131. The Bertz CT molecular complexity index is 581. The van der Waals surface area contributed by atoms with Crippen LogP contribution in [-0.4, -0.2) is 23.9 Å². The molecule has 0 saturated carbocycles. The summed E-state index contributed by atoms with van der Waals surface area (Å²) in [6.07, 6.45) is 1.25. The molecule has 21 heavy (non-hydrogen) atoms. The van der Waals surface area contributed by atoms with Crippen LogP contribution in [0.25, 0.3) is 0 Å². The third-order valence-corrected chi connectivity index (χ3v) is 3.64. The summed E-state index contributed by atoms with van der Waals surface area (Å²) in [6, 6.07) is 17.8. The van der Waals surface area contributed by atoms with Crippen LogP contribution in [0.1, 0.15) is 18.1 Å². The van der Waals surface area contributed by atoms with E-state index in [0.29, 0.717) is 12.1 Å². The van der Waals surface area contributed by atoms with Crippen LogP contribution in [-0.2, 0) is 17.6 Å². The first kappa shape index (κ1) is 15.1. The normalized spacial score (nSPS) is 10.3. The molecule has 1 amide bonds. The van der Waals surface area contributed by atoms with E-state index in [2.05, 4.69) is 12.1 Å². The summed E-state index contributed by atoms with van der Waals surface area (Å²) < 4.78 is 0. The average Bonchev–Trinajstić information content (AvgIpc) is 2.51. The molecule has 0 aliphatic heterocycles. The van der Waals surface area contributed by atoms with Gasteiger partial charge >= 0.3 is 0 Å². The van der Waals surface area contributed by atoms with E-state index in [9.17, 15) is 4.79 Å². The lowest BCUT2D eigenvalue weighted by Crippen LogP contribution is -2.34. The SMILES string of the molecule is CCN(CCc1ccccc1)C(=O)Cc1ccccc1N. The fourth-order valence-corrected chi connectivity index (χ4v) is 2.34. The number of nitrogen functional groups attached to an aromatic ring is 1. The van der Waals surface area contributed by atoms with E-state index in [1.165, 1.54) is 5.56 Å². The first-order chi connectivity index (χ1) is 10.2. The number of rotatable bonds is 6. The number of anilines is 1. The molecule has 2 aromatic rings. The highest BCUT2D eigenvalue weighted by molar-refractivity contribution is 5.80. The van der Waals surface area contributed by atoms with Crippen LogP contribution < -0.4 is 5.73 Å². The highest BCUT2D eigenvalue weighted by Gasteiger charge is 2.13. The number of carbonyl (C=O) groups excluding carboxylic acids is 1. The van der Waals surface area contributed by atoms with Gasteiger partial charge < -0.3 is 10.6 Å². The summed E-state index contributed by atoms with van der Waals surface area (Å²) in [7, 11) is 0. The third-order valence-electron chi connectivity index (χ3n) is 3.64. The average molecular weight is 282 g/mol.